The molecule has 1 aromatic heterocycles. The normalized spacial score (nSPS) is 21.1. The second-order valence-electron chi connectivity index (χ2n) is 6.20. The number of primary amides is 1. The summed E-state index contributed by atoms with van der Waals surface area (Å²) in [5.41, 5.74) is 6.75. The topological polar surface area (TPSA) is 72.9 Å². The summed E-state index contributed by atoms with van der Waals surface area (Å²) >= 11 is 5.90. The molecule has 122 valence electrons. The SMILES string of the molecule is CC1CCCCC1n1cc(C(N)=O)c(Nc2ccc(Cl)cc2)n1. The highest BCUT2D eigenvalue weighted by molar-refractivity contribution is 6.30. The molecule has 0 saturated heterocycles. The number of carbonyl (C=O) groups is 1. The van der Waals surface area contributed by atoms with E-state index < -0.39 is 5.91 Å². The van der Waals surface area contributed by atoms with Gasteiger partial charge in [-0.05, 0) is 43.0 Å². The molecule has 1 saturated carbocycles. The maximum absolute atomic E-state index is 11.8. The summed E-state index contributed by atoms with van der Waals surface area (Å²) in [6, 6.07) is 7.58. The fraction of sp³-hybridized carbons (Fsp3) is 0.412. The van der Waals surface area contributed by atoms with Crippen molar-refractivity contribution in [3.8, 4) is 0 Å². The van der Waals surface area contributed by atoms with Crippen LogP contribution < -0.4 is 11.1 Å². The summed E-state index contributed by atoms with van der Waals surface area (Å²) in [5, 5.41) is 8.42. The van der Waals surface area contributed by atoms with Crippen LogP contribution in [0.4, 0.5) is 11.5 Å². The van der Waals surface area contributed by atoms with Crippen molar-refractivity contribution in [1.82, 2.24) is 9.78 Å². The van der Waals surface area contributed by atoms with E-state index in [1.165, 1.54) is 19.3 Å². The average molecular weight is 333 g/mol. The Morgan fingerprint density at radius 2 is 2.00 bits per heavy atom. The fourth-order valence-corrected chi connectivity index (χ4v) is 3.32. The predicted octanol–water partition coefficient (Wildman–Crippen LogP) is 4.13. The maximum atomic E-state index is 11.8. The fourth-order valence-electron chi connectivity index (χ4n) is 3.19. The first-order chi connectivity index (χ1) is 11.0. The molecule has 0 aliphatic heterocycles. The number of hydrogen-bond donors (Lipinski definition) is 2. The highest BCUT2D eigenvalue weighted by atomic mass is 35.5. The molecule has 2 unspecified atom stereocenters. The van der Waals surface area contributed by atoms with E-state index in [0.717, 1.165) is 12.1 Å². The monoisotopic (exact) mass is 332 g/mol. The van der Waals surface area contributed by atoms with Crippen LogP contribution in [0.3, 0.4) is 0 Å². The molecule has 2 aromatic rings. The van der Waals surface area contributed by atoms with E-state index in [4.69, 9.17) is 17.3 Å². The summed E-state index contributed by atoms with van der Waals surface area (Å²) in [6.45, 7) is 2.24. The molecule has 23 heavy (non-hydrogen) atoms. The molecule has 1 heterocycles. The second kappa shape index (κ2) is 6.62. The van der Waals surface area contributed by atoms with Crippen molar-refractivity contribution < 1.29 is 4.79 Å². The number of benzene rings is 1. The van der Waals surface area contributed by atoms with E-state index in [2.05, 4.69) is 17.3 Å². The van der Waals surface area contributed by atoms with Crippen molar-refractivity contribution in [2.24, 2.45) is 11.7 Å². The number of hydrogen-bond acceptors (Lipinski definition) is 3. The van der Waals surface area contributed by atoms with Gasteiger partial charge < -0.3 is 11.1 Å². The number of rotatable bonds is 4. The number of halogens is 1. The predicted molar refractivity (Wildman–Crippen MR) is 92.1 cm³/mol. The third-order valence-electron chi connectivity index (χ3n) is 4.51. The molecule has 1 amide bonds. The lowest BCUT2D eigenvalue weighted by atomic mass is 9.86. The minimum atomic E-state index is -0.476. The van der Waals surface area contributed by atoms with Crippen molar-refractivity contribution in [2.45, 2.75) is 38.6 Å². The van der Waals surface area contributed by atoms with Crippen LogP contribution in [0.25, 0.3) is 0 Å². The minimum absolute atomic E-state index is 0.322. The molecule has 1 fully saturated rings. The van der Waals surface area contributed by atoms with E-state index in [1.54, 1.807) is 18.3 Å². The summed E-state index contributed by atoms with van der Waals surface area (Å²) in [4.78, 5) is 11.8. The van der Waals surface area contributed by atoms with Crippen LogP contribution in [-0.2, 0) is 0 Å². The largest absolute Gasteiger partial charge is 0.365 e. The molecule has 1 aliphatic carbocycles. The Morgan fingerprint density at radius 3 is 2.65 bits per heavy atom. The molecule has 6 heteroatoms. The standard InChI is InChI=1S/C17H21ClN4O/c1-11-4-2-3-5-15(11)22-10-14(16(19)23)17(21-22)20-13-8-6-12(18)7-9-13/h6-11,15H,2-5H2,1H3,(H2,19,23)(H,20,21). The van der Waals surface area contributed by atoms with Gasteiger partial charge in [0.1, 0.15) is 5.56 Å². The Bertz CT molecular complexity index is 695. The Balaban J connectivity index is 1.89. The second-order valence-corrected chi connectivity index (χ2v) is 6.63. The van der Waals surface area contributed by atoms with E-state index in [-0.39, 0.29) is 0 Å². The van der Waals surface area contributed by atoms with Gasteiger partial charge in [0.25, 0.3) is 5.91 Å². The first kappa shape index (κ1) is 15.9. The lowest BCUT2D eigenvalue weighted by molar-refractivity contribution is 0.100. The van der Waals surface area contributed by atoms with E-state index in [1.807, 2.05) is 16.8 Å². The van der Waals surface area contributed by atoms with Gasteiger partial charge in [0, 0.05) is 16.9 Å². The number of nitrogens with zero attached hydrogens (tertiary/aromatic N) is 2. The van der Waals surface area contributed by atoms with Crippen LogP contribution >= 0.6 is 11.6 Å². The van der Waals surface area contributed by atoms with Crippen molar-refractivity contribution in [2.75, 3.05) is 5.32 Å². The third-order valence-corrected chi connectivity index (χ3v) is 4.76. The van der Waals surface area contributed by atoms with Crippen molar-refractivity contribution in [3.05, 3.63) is 41.0 Å². The van der Waals surface area contributed by atoms with Crippen molar-refractivity contribution in [1.29, 1.82) is 0 Å². The maximum Gasteiger partial charge on any atom is 0.254 e. The average Bonchev–Trinajstić information content (AvgIpc) is 2.94. The van der Waals surface area contributed by atoms with Crippen molar-refractivity contribution >= 4 is 29.0 Å². The van der Waals surface area contributed by atoms with Gasteiger partial charge in [-0.15, -0.1) is 0 Å². The highest BCUT2D eigenvalue weighted by Gasteiger charge is 2.25. The molecular formula is C17H21ClN4O. The minimum Gasteiger partial charge on any atom is -0.365 e. The highest BCUT2D eigenvalue weighted by Crippen LogP contribution is 2.34. The van der Waals surface area contributed by atoms with Crippen LogP contribution in [0.2, 0.25) is 5.02 Å². The molecule has 3 rings (SSSR count). The first-order valence-electron chi connectivity index (χ1n) is 7.96. The van der Waals surface area contributed by atoms with Crippen LogP contribution in [0.5, 0.6) is 0 Å². The summed E-state index contributed by atoms with van der Waals surface area (Å²) in [7, 11) is 0. The van der Waals surface area contributed by atoms with Gasteiger partial charge in [0.05, 0.1) is 6.04 Å². The molecule has 3 N–H and O–H groups in total. The van der Waals surface area contributed by atoms with Crippen LogP contribution in [-0.4, -0.2) is 15.7 Å². The number of carbonyl (C=O) groups excluding carboxylic acids is 1. The van der Waals surface area contributed by atoms with E-state index >= 15 is 0 Å². The summed E-state index contributed by atoms with van der Waals surface area (Å²) in [5.74, 6) is 0.571. The van der Waals surface area contributed by atoms with E-state index in [0.29, 0.717) is 28.4 Å². The molecule has 2 atom stereocenters. The third kappa shape index (κ3) is 3.50. The molecule has 1 aromatic carbocycles. The van der Waals surface area contributed by atoms with E-state index in [9.17, 15) is 4.79 Å². The van der Waals surface area contributed by atoms with Gasteiger partial charge in [-0.3, -0.25) is 9.48 Å². The summed E-state index contributed by atoms with van der Waals surface area (Å²) in [6.07, 6.45) is 6.50. The molecule has 5 nitrogen and oxygen atoms in total. The van der Waals surface area contributed by atoms with Gasteiger partial charge in [-0.25, -0.2) is 0 Å². The zero-order chi connectivity index (χ0) is 16.4. The quantitative estimate of drug-likeness (QED) is 0.884. The van der Waals surface area contributed by atoms with Crippen LogP contribution in [0.15, 0.2) is 30.5 Å². The number of aromatic nitrogens is 2. The Kier molecular flexibility index (Phi) is 4.57. The van der Waals surface area contributed by atoms with Gasteiger partial charge in [0.2, 0.25) is 0 Å². The van der Waals surface area contributed by atoms with Crippen molar-refractivity contribution in [3.63, 3.8) is 0 Å². The first-order valence-corrected chi connectivity index (χ1v) is 8.34. The Hall–Kier alpha value is -2.01. The van der Waals surface area contributed by atoms with Crippen LogP contribution in [0, 0.1) is 5.92 Å². The molecule has 1 aliphatic rings. The zero-order valence-electron chi connectivity index (χ0n) is 13.1. The zero-order valence-corrected chi connectivity index (χ0v) is 13.9. The number of anilines is 2. The lowest BCUT2D eigenvalue weighted by Crippen LogP contribution is -2.21. The number of nitrogens with one attached hydrogen (secondary N) is 1. The smallest absolute Gasteiger partial charge is 0.254 e. The lowest BCUT2D eigenvalue weighted by Gasteiger charge is -2.28. The molecule has 0 radical (unpaired) electrons. The molecule has 0 bridgehead atoms. The molecule has 0 spiro atoms. The number of amides is 1. The van der Waals surface area contributed by atoms with Gasteiger partial charge >= 0.3 is 0 Å². The van der Waals surface area contributed by atoms with Gasteiger partial charge in [-0.2, -0.15) is 5.10 Å². The Labute approximate surface area is 140 Å². The molecular weight excluding hydrogens is 312 g/mol. The summed E-state index contributed by atoms with van der Waals surface area (Å²) < 4.78 is 1.90. The number of nitrogens with two attached hydrogens (primary N) is 1. The van der Waals surface area contributed by atoms with Gasteiger partial charge in [-0.1, -0.05) is 31.4 Å². The van der Waals surface area contributed by atoms with Gasteiger partial charge in [0.15, 0.2) is 5.82 Å². The Morgan fingerprint density at radius 1 is 1.30 bits per heavy atom. The van der Waals surface area contributed by atoms with Crippen LogP contribution in [0.1, 0.15) is 49.0 Å².